The number of aliphatic carboxylic acids is 1. The van der Waals surface area contributed by atoms with E-state index in [1.54, 1.807) is 20.2 Å². The molecule has 0 radical (unpaired) electrons. The third-order valence-electron chi connectivity index (χ3n) is 7.64. The summed E-state index contributed by atoms with van der Waals surface area (Å²) in [6, 6.07) is 1.82. The number of methoxy groups -OCH3 is 1. The molecule has 0 bridgehead atoms. The van der Waals surface area contributed by atoms with Crippen LogP contribution in [-0.2, 0) is 26.1 Å². The first kappa shape index (κ1) is 29.1. The summed E-state index contributed by atoms with van der Waals surface area (Å²) in [4.78, 5) is 17.5. The van der Waals surface area contributed by atoms with E-state index in [4.69, 9.17) is 14.5 Å². The van der Waals surface area contributed by atoms with Gasteiger partial charge in [0.2, 0.25) is 10.0 Å². The molecule has 4 rings (SSSR count). The average molecular weight is 557 g/mol. The van der Waals surface area contributed by atoms with Crippen LogP contribution in [0.2, 0.25) is 0 Å². The van der Waals surface area contributed by atoms with E-state index in [1.807, 2.05) is 33.8 Å². The summed E-state index contributed by atoms with van der Waals surface area (Å²) in [6.07, 6.45) is 6.31. The second-order valence-corrected chi connectivity index (χ2v) is 14.4. The van der Waals surface area contributed by atoms with Gasteiger partial charge in [-0.05, 0) is 87.6 Å². The first-order chi connectivity index (χ1) is 17.9. The first-order valence-corrected chi connectivity index (χ1v) is 15.1. The van der Waals surface area contributed by atoms with E-state index in [0.717, 1.165) is 41.5 Å². The molecule has 2 heterocycles. The zero-order chi connectivity index (χ0) is 29.1. The van der Waals surface area contributed by atoms with E-state index in [1.165, 1.54) is 10.6 Å². The van der Waals surface area contributed by atoms with E-state index >= 15 is 0 Å². The van der Waals surface area contributed by atoms with Gasteiger partial charge in [-0.25, -0.2) is 13.2 Å². The van der Waals surface area contributed by atoms with Crippen LogP contribution in [0.4, 0.5) is 5.69 Å². The van der Waals surface area contributed by atoms with Crippen LogP contribution in [0.1, 0.15) is 87.8 Å². The van der Waals surface area contributed by atoms with Crippen LogP contribution in [0.25, 0.3) is 16.8 Å². The number of anilines is 1. The van der Waals surface area contributed by atoms with Gasteiger partial charge in [0, 0.05) is 16.7 Å². The molecule has 1 N–H and O–H groups in total. The minimum atomic E-state index is -3.73. The monoisotopic (exact) mass is 556 g/mol. The van der Waals surface area contributed by atoms with E-state index in [9.17, 15) is 18.3 Å². The van der Waals surface area contributed by atoms with Crippen molar-refractivity contribution in [2.24, 2.45) is 5.41 Å². The van der Waals surface area contributed by atoms with Crippen molar-refractivity contribution in [2.75, 3.05) is 17.7 Å². The number of carbonyl (C=O) groups is 1. The van der Waals surface area contributed by atoms with Gasteiger partial charge in [0.05, 0.1) is 43.1 Å². The molecule has 0 saturated heterocycles. The lowest BCUT2D eigenvalue weighted by molar-refractivity contribution is -0.160. The zero-order valence-electron chi connectivity index (χ0n) is 24.4. The summed E-state index contributed by atoms with van der Waals surface area (Å²) < 4.78 is 39.3. The number of hydrogen-bond acceptors (Lipinski definition) is 6. The number of carboxylic acid groups (broad SMARTS) is 1. The van der Waals surface area contributed by atoms with Crippen LogP contribution in [0.5, 0.6) is 5.75 Å². The molecule has 1 atom stereocenters. The Bertz CT molecular complexity index is 1470. The molecule has 2 aliphatic rings. The van der Waals surface area contributed by atoms with Crippen LogP contribution in [0, 0.1) is 19.3 Å². The molecule has 0 saturated carbocycles. The van der Waals surface area contributed by atoms with Crippen LogP contribution in [0.15, 0.2) is 18.3 Å². The Hall–Kier alpha value is -2.91. The number of benzene rings is 1. The molecule has 0 amide bonds. The molecule has 8 nitrogen and oxygen atoms in total. The number of rotatable bonds is 6. The lowest BCUT2D eigenvalue weighted by Gasteiger charge is -2.38. The Morgan fingerprint density at radius 1 is 1.18 bits per heavy atom. The van der Waals surface area contributed by atoms with Crippen molar-refractivity contribution < 1.29 is 27.8 Å². The van der Waals surface area contributed by atoms with Crippen molar-refractivity contribution in [3.8, 4) is 17.0 Å². The quantitative estimate of drug-likeness (QED) is 0.452. The number of nitrogens with zero attached hydrogens (tertiary/aromatic N) is 2. The molecule has 212 valence electrons. The van der Waals surface area contributed by atoms with Gasteiger partial charge in [-0.2, -0.15) is 0 Å². The molecule has 1 aliphatic heterocycles. The van der Waals surface area contributed by atoms with E-state index in [2.05, 4.69) is 19.9 Å². The number of aromatic nitrogens is 1. The summed E-state index contributed by atoms with van der Waals surface area (Å²) in [5.41, 5.74) is 5.71. The molecular weight excluding hydrogens is 516 g/mol. The highest BCUT2D eigenvalue weighted by Gasteiger charge is 2.40. The summed E-state index contributed by atoms with van der Waals surface area (Å²) >= 11 is 0. The normalized spacial score (nSPS) is 17.7. The number of ether oxygens (including phenoxy) is 2. The number of fused-ring (bicyclic) bond motifs is 3. The second-order valence-electron chi connectivity index (χ2n) is 12.5. The Morgan fingerprint density at radius 2 is 1.85 bits per heavy atom. The van der Waals surface area contributed by atoms with Crippen molar-refractivity contribution in [2.45, 2.75) is 86.0 Å². The highest BCUT2D eigenvalue weighted by atomic mass is 32.2. The van der Waals surface area contributed by atoms with Crippen LogP contribution < -0.4 is 9.04 Å². The Morgan fingerprint density at radius 3 is 2.36 bits per heavy atom. The summed E-state index contributed by atoms with van der Waals surface area (Å²) in [7, 11) is -2.18. The Kier molecular flexibility index (Phi) is 7.40. The van der Waals surface area contributed by atoms with Gasteiger partial charge in [0.15, 0.2) is 6.10 Å². The molecule has 1 aromatic heterocycles. The van der Waals surface area contributed by atoms with Gasteiger partial charge < -0.3 is 14.6 Å². The minimum absolute atomic E-state index is 0.0686. The van der Waals surface area contributed by atoms with Gasteiger partial charge in [0.1, 0.15) is 5.75 Å². The SMILES string of the molecule is COc1cnc2c(c1)CN(S(C)(=O)=O)c1c(C)c([C@H](OC(C)(C)C)C(=O)O)c(C3=CCC(C)(C)CC3)c(C)c1-2. The van der Waals surface area contributed by atoms with Crippen molar-refractivity contribution in [3.63, 3.8) is 0 Å². The predicted octanol–water partition coefficient (Wildman–Crippen LogP) is 6.19. The fourth-order valence-corrected chi connectivity index (χ4v) is 6.64. The maximum Gasteiger partial charge on any atom is 0.337 e. The topological polar surface area (TPSA) is 106 Å². The maximum atomic E-state index is 13.2. The van der Waals surface area contributed by atoms with E-state index < -0.39 is 27.7 Å². The van der Waals surface area contributed by atoms with Crippen molar-refractivity contribution in [1.82, 2.24) is 4.98 Å². The Labute approximate surface area is 232 Å². The van der Waals surface area contributed by atoms with Gasteiger partial charge in [0.25, 0.3) is 0 Å². The van der Waals surface area contributed by atoms with Crippen molar-refractivity contribution in [1.29, 1.82) is 0 Å². The van der Waals surface area contributed by atoms with Gasteiger partial charge in [-0.1, -0.05) is 19.9 Å². The minimum Gasteiger partial charge on any atom is -0.495 e. The molecule has 1 aliphatic carbocycles. The largest absolute Gasteiger partial charge is 0.495 e. The summed E-state index contributed by atoms with van der Waals surface area (Å²) in [6.45, 7) is 13.7. The fourth-order valence-electron chi connectivity index (χ4n) is 5.70. The number of pyridine rings is 1. The maximum absolute atomic E-state index is 13.2. The van der Waals surface area contributed by atoms with Crippen LogP contribution in [0.3, 0.4) is 0 Å². The molecular formula is C30H40N2O6S. The van der Waals surface area contributed by atoms with E-state index in [0.29, 0.717) is 33.8 Å². The lowest BCUT2D eigenvalue weighted by Crippen LogP contribution is -2.35. The second kappa shape index (κ2) is 9.93. The number of allylic oxidation sites excluding steroid dienone is 2. The predicted molar refractivity (Wildman–Crippen MR) is 154 cm³/mol. The standard InChI is InChI=1S/C30H40N2O6S/c1-17-22(19-10-12-30(6,7)13-11-19)23(27(28(33)34)38-29(3,4)5)18(2)26-24(17)25-20(14-21(37-8)15-31-25)16-32(26)39(9,35)36/h10,14-15,27H,11-13,16H2,1-9H3,(H,33,34)/t27-/m0/s1. The smallest absolute Gasteiger partial charge is 0.337 e. The highest BCUT2D eigenvalue weighted by Crippen LogP contribution is 2.51. The molecule has 0 unspecified atom stereocenters. The average Bonchev–Trinajstić information content (AvgIpc) is 2.82. The molecule has 0 fully saturated rings. The molecule has 2 aromatic rings. The number of carboxylic acids is 1. The Balaban J connectivity index is 2.16. The molecule has 0 spiro atoms. The summed E-state index contributed by atoms with van der Waals surface area (Å²) in [5.74, 6) is -0.575. The highest BCUT2D eigenvalue weighted by molar-refractivity contribution is 7.92. The molecule has 39 heavy (non-hydrogen) atoms. The number of sulfonamides is 1. The van der Waals surface area contributed by atoms with Crippen LogP contribution >= 0.6 is 0 Å². The molecule has 9 heteroatoms. The number of hydrogen-bond donors (Lipinski definition) is 1. The van der Waals surface area contributed by atoms with Crippen molar-refractivity contribution >= 4 is 27.3 Å². The molecule has 1 aromatic carbocycles. The lowest BCUT2D eigenvalue weighted by atomic mass is 9.73. The van der Waals surface area contributed by atoms with E-state index in [-0.39, 0.29) is 12.0 Å². The van der Waals surface area contributed by atoms with Crippen molar-refractivity contribution in [3.05, 3.63) is 46.2 Å². The van der Waals surface area contributed by atoms with Gasteiger partial charge >= 0.3 is 5.97 Å². The fraction of sp³-hybridized carbons (Fsp3) is 0.533. The summed E-state index contributed by atoms with van der Waals surface area (Å²) in [5, 5.41) is 10.5. The van der Waals surface area contributed by atoms with Gasteiger partial charge in [-0.15, -0.1) is 0 Å². The first-order valence-electron chi connectivity index (χ1n) is 13.2. The third kappa shape index (κ3) is 5.57. The van der Waals surface area contributed by atoms with Gasteiger partial charge in [-0.3, -0.25) is 9.29 Å². The third-order valence-corrected chi connectivity index (χ3v) is 8.76. The van der Waals surface area contributed by atoms with Crippen LogP contribution in [-0.4, -0.2) is 43.4 Å². The zero-order valence-corrected chi connectivity index (χ0v) is 25.2.